The number of urea groups is 1. The lowest BCUT2D eigenvalue weighted by molar-refractivity contribution is 0.202. The molecule has 0 aromatic carbocycles. The van der Waals surface area contributed by atoms with Crippen molar-refractivity contribution in [3.63, 3.8) is 0 Å². The van der Waals surface area contributed by atoms with Gasteiger partial charge in [0.1, 0.15) is 0 Å². The van der Waals surface area contributed by atoms with Gasteiger partial charge >= 0.3 is 6.03 Å². The quantitative estimate of drug-likeness (QED) is 0.859. The highest BCUT2D eigenvalue weighted by molar-refractivity contribution is 5.74. The number of pyridine rings is 1. The van der Waals surface area contributed by atoms with Crippen LogP contribution in [0.25, 0.3) is 0 Å². The molecule has 0 aliphatic heterocycles. The summed E-state index contributed by atoms with van der Waals surface area (Å²) in [7, 11) is 0. The highest BCUT2D eigenvalue weighted by Gasteiger charge is 2.11. The molecule has 1 rings (SSSR count). The second kappa shape index (κ2) is 7.61. The Morgan fingerprint density at radius 2 is 2.11 bits per heavy atom. The second-order valence-corrected chi connectivity index (χ2v) is 4.47. The highest BCUT2D eigenvalue weighted by atomic mass is 16.5. The molecule has 106 valence electrons. The molecule has 1 N–H and O–H groups in total. The molecule has 0 atom stereocenters. The molecule has 2 amide bonds. The molecule has 1 aromatic heterocycles. The Morgan fingerprint density at radius 3 is 2.68 bits per heavy atom. The van der Waals surface area contributed by atoms with Gasteiger partial charge in [-0.05, 0) is 33.8 Å². The number of hydrogen-bond donors (Lipinski definition) is 1. The van der Waals surface area contributed by atoms with E-state index in [0.29, 0.717) is 25.5 Å². The van der Waals surface area contributed by atoms with Gasteiger partial charge in [-0.25, -0.2) is 9.78 Å². The van der Waals surface area contributed by atoms with Crippen LogP contribution in [0.4, 0.5) is 4.79 Å². The Bertz CT molecular complexity index is 403. The number of ether oxygens (including phenoxy) is 1. The minimum absolute atomic E-state index is 0.0622. The molecular formula is C14H23N3O2. The Kier molecular flexibility index (Phi) is 6.12. The van der Waals surface area contributed by atoms with E-state index in [1.165, 1.54) is 0 Å². The number of nitrogens with one attached hydrogen (secondary N) is 1. The van der Waals surface area contributed by atoms with Crippen molar-refractivity contribution in [2.75, 3.05) is 13.1 Å². The number of carbonyl (C=O) groups is 1. The zero-order chi connectivity index (χ0) is 14.3. The number of nitrogens with zero attached hydrogens (tertiary/aromatic N) is 2. The number of hydrogen-bond acceptors (Lipinski definition) is 3. The van der Waals surface area contributed by atoms with Gasteiger partial charge < -0.3 is 15.0 Å². The van der Waals surface area contributed by atoms with Gasteiger partial charge in [0.05, 0.1) is 6.10 Å². The maximum absolute atomic E-state index is 11.9. The fraction of sp³-hybridized carbons (Fsp3) is 0.571. The van der Waals surface area contributed by atoms with Crippen LogP contribution in [0.3, 0.4) is 0 Å². The smallest absolute Gasteiger partial charge is 0.317 e. The predicted molar refractivity (Wildman–Crippen MR) is 75.2 cm³/mol. The van der Waals surface area contributed by atoms with Crippen LogP contribution in [0, 0.1) is 0 Å². The maximum Gasteiger partial charge on any atom is 0.317 e. The monoisotopic (exact) mass is 265 g/mol. The van der Waals surface area contributed by atoms with Crippen molar-refractivity contribution in [3.8, 4) is 5.88 Å². The summed E-state index contributed by atoms with van der Waals surface area (Å²) in [6.07, 6.45) is 1.75. The summed E-state index contributed by atoms with van der Waals surface area (Å²) in [5, 5.41) is 2.88. The first-order valence-corrected chi connectivity index (χ1v) is 6.71. The molecule has 1 heterocycles. The van der Waals surface area contributed by atoms with E-state index >= 15 is 0 Å². The summed E-state index contributed by atoms with van der Waals surface area (Å²) in [5.41, 5.74) is 0.886. The first-order valence-electron chi connectivity index (χ1n) is 6.71. The van der Waals surface area contributed by atoms with E-state index in [-0.39, 0.29) is 12.1 Å². The molecule has 19 heavy (non-hydrogen) atoms. The SMILES string of the molecule is CCN(CC)C(=O)NCc1cccnc1OC(C)C. The van der Waals surface area contributed by atoms with E-state index in [0.717, 1.165) is 5.56 Å². The van der Waals surface area contributed by atoms with Gasteiger partial charge in [-0.2, -0.15) is 0 Å². The molecule has 0 saturated heterocycles. The molecule has 1 aromatic rings. The molecule has 0 spiro atoms. The minimum Gasteiger partial charge on any atom is -0.475 e. The van der Waals surface area contributed by atoms with E-state index in [2.05, 4.69) is 10.3 Å². The average Bonchev–Trinajstić information content (AvgIpc) is 2.38. The van der Waals surface area contributed by atoms with Crippen LogP contribution in [0.2, 0.25) is 0 Å². The normalized spacial score (nSPS) is 10.4. The third-order valence-electron chi connectivity index (χ3n) is 2.68. The number of carbonyl (C=O) groups excluding carboxylic acids is 1. The van der Waals surface area contributed by atoms with Gasteiger partial charge in [-0.3, -0.25) is 0 Å². The molecule has 0 unspecified atom stereocenters. The van der Waals surface area contributed by atoms with E-state index in [1.807, 2.05) is 39.8 Å². The fourth-order valence-electron chi connectivity index (χ4n) is 1.68. The van der Waals surface area contributed by atoms with Gasteiger partial charge in [-0.1, -0.05) is 6.07 Å². The Labute approximate surface area is 115 Å². The van der Waals surface area contributed by atoms with Gasteiger partial charge in [0.25, 0.3) is 0 Å². The van der Waals surface area contributed by atoms with Crippen molar-refractivity contribution in [1.82, 2.24) is 15.2 Å². The average molecular weight is 265 g/mol. The summed E-state index contributed by atoms with van der Waals surface area (Å²) in [5.74, 6) is 0.581. The van der Waals surface area contributed by atoms with E-state index < -0.39 is 0 Å². The van der Waals surface area contributed by atoms with E-state index in [4.69, 9.17) is 4.74 Å². The van der Waals surface area contributed by atoms with Crippen LogP contribution >= 0.6 is 0 Å². The third kappa shape index (κ3) is 4.77. The molecule has 0 aliphatic carbocycles. The van der Waals surface area contributed by atoms with Crippen LogP contribution in [-0.4, -0.2) is 35.1 Å². The minimum atomic E-state index is -0.0654. The first-order chi connectivity index (χ1) is 9.08. The predicted octanol–water partition coefficient (Wildman–Crippen LogP) is 2.42. The zero-order valence-corrected chi connectivity index (χ0v) is 12.1. The van der Waals surface area contributed by atoms with Crippen LogP contribution in [0.1, 0.15) is 33.3 Å². The summed E-state index contributed by atoms with van der Waals surface area (Å²) >= 11 is 0. The topological polar surface area (TPSA) is 54.5 Å². The second-order valence-electron chi connectivity index (χ2n) is 4.47. The van der Waals surface area contributed by atoms with Crippen molar-refractivity contribution < 1.29 is 9.53 Å². The van der Waals surface area contributed by atoms with Crippen molar-refractivity contribution in [2.24, 2.45) is 0 Å². The lowest BCUT2D eigenvalue weighted by Gasteiger charge is -2.20. The Hall–Kier alpha value is -1.78. The van der Waals surface area contributed by atoms with Crippen molar-refractivity contribution >= 4 is 6.03 Å². The number of amides is 2. The van der Waals surface area contributed by atoms with Crippen molar-refractivity contribution in [1.29, 1.82) is 0 Å². The van der Waals surface area contributed by atoms with Gasteiger partial charge in [-0.15, -0.1) is 0 Å². The molecule has 0 bridgehead atoms. The Morgan fingerprint density at radius 1 is 1.42 bits per heavy atom. The molecule has 0 radical (unpaired) electrons. The standard InChI is InChI=1S/C14H23N3O2/c1-5-17(6-2)14(18)16-10-12-8-7-9-15-13(12)19-11(3)4/h7-9,11H,5-6,10H2,1-4H3,(H,16,18). The van der Waals surface area contributed by atoms with E-state index in [1.54, 1.807) is 11.1 Å². The highest BCUT2D eigenvalue weighted by Crippen LogP contribution is 2.15. The van der Waals surface area contributed by atoms with Gasteiger partial charge in [0.15, 0.2) is 0 Å². The lowest BCUT2D eigenvalue weighted by Crippen LogP contribution is -2.39. The molecule has 0 saturated carbocycles. The molecule has 0 fully saturated rings. The summed E-state index contributed by atoms with van der Waals surface area (Å²) in [4.78, 5) is 17.8. The third-order valence-corrected chi connectivity index (χ3v) is 2.68. The van der Waals surface area contributed by atoms with E-state index in [9.17, 15) is 4.79 Å². The summed E-state index contributed by atoms with van der Waals surface area (Å²) in [6.45, 7) is 9.64. The molecular weight excluding hydrogens is 242 g/mol. The zero-order valence-electron chi connectivity index (χ0n) is 12.1. The first kappa shape index (κ1) is 15.3. The number of rotatable bonds is 6. The molecule has 5 nitrogen and oxygen atoms in total. The number of aromatic nitrogens is 1. The van der Waals surface area contributed by atoms with Crippen LogP contribution in [0.5, 0.6) is 5.88 Å². The summed E-state index contributed by atoms with van der Waals surface area (Å²) < 4.78 is 5.61. The van der Waals surface area contributed by atoms with Gasteiger partial charge in [0.2, 0.25) is 5.88 Å². The van der Waals surface area contributed by atoms with Crippen molar-refractivity contribution in [2.45, 2.75) is 40.3 Å². The van der Waals surface area contributed by atoms with Crippen LogP contribution < -0.4 is 10.1 Å². The fourth-order valence-corrected chi connectivity index (χ4v) is 1.68. The maximum atomic E-state index is 11.9. The summed E-state index contributed by atoms with van der Waals surface area (Å²) in [6, 6.07) is 3.68. The molecule has 5 heteroatoms. The lowest BCUT2D eigenvalue weighted by atomic mass is 10.2. The largest absolute Gasteiger partial charge is 0.475 e. The van der Waals surface area contributed by atoms with Crippen LogP contribution in [-0.2, 0) is 6.54 Å². The van der Waals surface area contributed by atoms with Crippen LogP contribution in [0.15, 0.2) is 18.3 Å². The molecule has 0 aliphatic rings. The Balaban J connectivity index is 2.64. The van der Waals surface area contributed by atoms with Crippen molar-refractivity contribution in [3.05, 3.63) is 23.9 Å². The van der Waals surface area contributed by atoms with Gasteiger partial charge in [0, 0.05) is 31.4 Å².